The zero-order valence-corrected chi connectivity index (χ0v) is 16.3. The lowest BCUT2D eigenvalue weighted by Gasteiger charge is -2.26. The first kappa shape index (κ1) is 21.2. The third-order valence-corrected chi connectivity index (χ3v) is 5.76. The molecule has 2 atom stereocenters. The molecule has 2 heterocycles. The van der Waals surface area contributed by atoms with E-state index in [2.05, 4.69) is 9.47 Å². The van der Waals surface area contributed by atoms with Gasteiger partial charge in [0.05, 0.1) is 25.7 Å². The molecule has 0 aromatic rings. The van der Waals surface area contributed by atoms with Crippen LogP contribution < -0.4 is 0 Å². The standard InChI is InChI=1S/C15H18N2O8S2/c1-24-12(20)8(16-10(18)6-26-14(16)22)4-3-5-9(13(21)25-2)17-11(19)7-27-15(17)23/h8-9H,3-7H2,1-2H3. The van der Waals surface area contributed by atoms with Gasteiger partial charge in [-0.05, 0) is 19.3 Å². The van der Waals surface area contributed by atoms with E-state index in [-0.39, 0.29) is 30.8 Å². The predicted octanol–water partition coefficient (Wildman–Crippen LogP) is 0.631. The number of thioether (sulfide) groups is 2. The summed E-state index contributed by atoms with van der Waals surface area (Å²) in [6.45, 7) is 0. The average molecular weight is 418 g/mol. The van der Waals surface area contributed by atoms with Crippen molar-refractivity contribution in [1.29, 1.82) is 0 Å². The molecule has 27 heavy (non-hydrogen) atoms. The van der Waals surface area contributed by atoms with E-state index in [1.807, 2.05) is 0 Å². The summed E-state index contributed by atoms with van der Waals surface area (Å²) in [5.74, 6) is -2.59. The van der Waals surface area contributed by atoms with E-state index in [4.69, 9.17) is 0 Å². The molecule has 0 aromatic carbocycles. The van der Waals surface area contributed by atoms with Gasteiger partial charge in [-0.2, -0.15) is 0 Å². The minimum Gasteiger partial charge on any atom is -0.467 e. The van der Waals surface area contributed by atoms with Gasteiger partial charge in [0, 0.05) is 0 Å². The largest absolute Gasteiger partial charge is 0.467 e. The van der Waals surface area contributed by atoms with Gasteiger partial charge in [-0.1, -0.05) is 23.5 Å². The van der Waals surface area contributed by atoms with Gasteiger partial charge in [-0.3, -0.25) is 29.0 Å². The topological polar surface area (TPSA) is 127 Å². The molecule has 2 rings (SSSR count). The van der Waals surface area contributed by atoms with Crippen molar-refractivity contribution in [2.24, 2.45) is 0 Å². The maximum absolute atomic E-state index is 12.0. The lowest BCUT2D eigenvalue weighted by atomic mass is 10.0. The van der Waals surface area contributed by atoms with E-state index in [0.717, 1.165) is 47.5 Å². The van der Waals surface area contributed by atoms with E-state index in [9.17, 15) is 28.8 Å². The number of carbonyl (C=O) groups excluding carboxylic acids is 6. The number of hydrogen-bond donors (Lipinski definition) is 0. The van der Waals surface area contributed by atoms with Gasteiger partial charge < -0.3 is 9.47 Å². The van der Waals surface area contributed by atoms with E-state index in [1.54, 1.807) is 0 Å². The monoisotopic (exact) mass is 418 g/mol. The van der Waals surface area contributed by atoms with Gasteiger partial charge in [0.25, 0.3) is 10.5 Å². The summed E-state index contributed by atoms with van der Waals surface area (Å²) in [5.41, 5.74) is 0. The number of rotatable bonds is 8. The molecule has 2 saturated heterocycles. The van der Waals surface area contributed by atoms with Crippen molar-refractivity contribution in [3.63, 3.8) is 0 Å². The molecule has 0 radical (unpaired) electrons. The lowest BCUT2D eigenvalue weighted by molar-refractivity contribution is -0.150. The summed E-state index contributed by atoms with van der Waals surface area (Å²) in [7, 11) is 2.28. The van der Waals surface area contributed by atoms with Crippen LogP contribution in [-0.4, -0.2) is 81.8 Å². The molecule has 0 bridgehead atoms. The maximum Gasteiger partial charge on any atom is 0.329 e. The van der Waals surface area contributed by atoms with Crippen LogP contribution in [0.15, 0.2) is 0 Å². The Kier molecular flexibility index (Phi) is 7.25. The molecule has 0 saturated carbocycles. The normalized spacial score (nSPS) is 19.5. The second-order valence-corrected chi connectivity index (χ2v) is 7.50. The zero-order chi connectivity index (χ0) is 20.1. The highest BCUT2D eigenvalue weighted by Crippen LogP contribution is 2.27. The number of ether oxygens (including phenoxy) is 2. The predicted molar refractivity (Wildman–Crippen MR) is 94.9 cm³/mol. The Morgan fingerprint density at radius 1 is 0.852 bits per heavy atom. The number of amides is 4. The molecule has 2 aliphatic rings. The van der Waals surface area contributed by atoms with Crippen molar-refractivity contribution in [3.05, 3.63) is 0 Å². The summed E-state index contributed by atoms with van der Waals surface area (Å²) in [6, 6.07) is -2.25. The molecule has 0 spiro atoms. The van der Waals surface area contributed by atoms with Crippen molar-refractivity contribution in [1.82, 2.24) is 9.80 Å². The molecule has 2 fully saturated rings. The van der Waals surface area contributed by atoms with Crippen molar-refractivity contribution in [2.75, 3.05) is 25.7 Å². The smallest absolute Gasteiger partial charge is 0.329 e. The fourth-order valence-electron chi connectivity index (χ4n) is 2.81. The van der Waals surface area contributed by atoms with Crippen molar-refractivity contribution in [3.8, 4) is 0 Å². The molecule has 0 N–H and O–H groups in total. The van der Waals surface area contributed by atoms with Gasteiger partial charge in [-0.15, -0.1) is 0 Å². The lowest BCUT2D eigenvalue weighted by Crippen LogP contribution is -2.46. The minimum absolute atomic E-state index is 0.0293. The molecule has 0 aromatic heterocycles. The number of carbonyl (C=O) groups is 6. The number of nitrogens with zero attached hydrogens (tertiary/aromatic N) is 2. The first-order valence-electron chi connectivity index (χ1n) is 7.95. The molecule has 148 valence electrons. The molecule has 0 aliphatic carbocycles. The van der Waals surface area contributed by atoms with E-state index in [0.29, 0.717) is 0 Å². The first-order valence-corrected chi connectivity index (χ1v) is 9.92. The highest BCUT2D eigenvalue weighted by Gasteiger charge is 2.42. The second kappa shape index (κ2) is 9.22. The Balaban J connectivity index is 2.08. The van der Waals surface area contributed by atoms with Crippen LogP contribution in [0.5, 0.6) is 0 Å². The van der Waals surface area contributed by atoms with Gasteiger partial charge >= 0.3 is 11.9 Å². The second-order valence-electron chi connectivity index (χ2n) is 5.65. The van der Waals surface area contributed by atoms with Crippen LogP contribution in [0.3, 0.4) is 0 Å². The van der Waals surface area contributed by atoms with Crippen molar-refractivity contribution in [2.45, 2.75) is 31.3 Å². The van der Waals surface area contributed by atoms with Crippen molar-refractivity contribution < 1.29 is 38.2 Å². The van der Waals surface area contributed by atoms with E-state index < -0.39 is 46.3 Å². The summed E-state index contributed by atoms with van der Waals surface area (Å²) < 4.78 is 9.35. The molecular weight excluding hydrogens is 400 g/mol. The van der Waals surface area contributed by atoms with Crippen LogP contribution in [0, 0.1) is 0 Å². The molecule has 2 aliphatic heterocycles. The quantitative estimate of drug-likeness (QED) is 0.518. The van der Waals surface area contributed by atoms with Crippen LogP contribution in [0.25, 0.3) is 0 Å². The van der Waals surface area contributed by atoms with Gasteiger partial charge in [-0.25, -0.2) is 9.59 Å². The molecule has 2 unspecified atom stereocenters. The molecule has 12 heteroatoms. The summed E-state index contributed by atoms with van der Waals surface area (Å²) in [6.07, 6.45) is 0.228. The zero-order valence-electron chi connectivity index (χ0n) is 14.7. The third kappa shape index (κ3) is 4.61. The SMILES string of the molecule is COC(=O)C(CCCC(C(=O)OC)N1C(=O)CSC1=O)N1C(=O)CSC1=O. The van der Waals surface area contributed by atoms with E-state index in [1.165, 1.54) is 0 Å². The Morgan fingerprint density at radius 3 is 1.48 bits per heavy atom. The number of hydrogen-bond acceptors (Lipinski definition) is 10. The minimum atomic E-state index is -1.12. The Labute approximate surface area is 163 Å². The molecule has 4 amide bonds. The maximum atomic E-state index is 12.0. The fraction of sp³-hybridized carbons (Fsp3) is 0.600. The number of methoxy groups -OCH3 is 2. The van der Waals surface area contributed by atoms with Crippen LogP contribution in [0.2, 0.25) is 0 Å². The van der Waals surface area contributed by atoms with Gasteiger partial charge in [0.1, 0.15) is 12.1 Å². The Morgan fingerprint density at radius 2 is 1.22 bits per heavy atom. The van der Waals surface area contributed by atoms with Crippen LogP contribution >= 0.6 is 23.5 Å². The molecular formula is C15H18N2O8S2. The van der Waals surface area contributed by atoms with Gasteiger partial charge in [0.15, 0.2) is 0 Å². The molecule has 10 nitrogen and oxygen atoms in total. The van der Waals surface area contributed by atoms with Gasteiger partial charge in [0.2, 0.25) is 11.8 Å². The Bertz CT molecular complexity index is 595. The highest BCUT2D eigenvalue weighted by molar-refractivity contribution is 8.15. The summed E-state index contributed by atoms with van der Waals surface area (Å²) in [5, 5.41) is -1.08. The van der Waals surface area contributed by atoms with Crippen LogP contribution in [0.4, 0.5) is 9.59 Å². The fourth-order valence-corrected chi connectivity index (χ4v) is 4.32. The number of imide groups is 2. The van der Waals surface area contributed by atoms with Crippen LogP contribution in [-0.2, 0) is 28.7 Å². The van der Waals surface area contributed by atoms with E-state index >= 15 is 0 Å². The first-order chi connectivity index (χ1) is 12.8. The highest BCUT2D eigenvalue weighted by atomic mass is 32.2. The van der Waals surface area contributed by atoms with Crippen LogP contribution in [0.1, 0.15) is 19.3 Å². The summed E-state index contributed by atoms with van der Waals surface area (Å²) in [4.78, 5) is 73.3. The summed E-state index contributed by atoms with van der Waals surface area (Å²) >= 11 is 1.59. The Hall–Kier alpha value is -2.08. The average Bonchev–Trinajstić information content (AvgIpc) is 3.16. The third-order valence-electron chi connectivity index (χ3n) is 4.09. The van der Waals surface area contributed by atoms with Crippen molar-refractivity contribution >= 4 is 57.8 Å². The number of esters is 2.